The highest BCUT2D eigenvalue weighted by Gasteiger charge is 2.85. The number of fused-ring (bicyclic) bond motifs is 1. The summed E-state index contributed by atoms with van der Waals surface area (Å²) in [6.07, 6.45) is 12.9. The van der Waals surface area contributed by atoms with Crippen LogP contribution in [0, 0.1) is 28.5 Å². The van der Waals surface area contributed by atoms with Crippen LogP contribution in [0.15, 0.2) is 53.7 Å². The Morgan fingerprint density at radius 3 is 2.56 bits per heavy atom. The Morgan fingerprint density at radius 2 is 1.86 bits per heavy atom. The minimum absolute atomic E-state index is 0.0423. The van der Waals surface area contributed by atoms with Crippen LogP contribution in [0.25, 0.3) is 0 Å². The van der Waals surface area contributed by atoms with Gasteiger partial charge in [0.1, 0.15) is 28.5 Å². The van der Waals surface area contributed by atoms with Crippen molar-refractivity contribution < 1.29 is 23.5 Å². The molecule has 12 heteroatoms. The molecule has 2 aliphatic heterocycles. The number of pyridine rings is 1. The van der Waals surface area contributed by atoms with E-state index < -0.39 is 17.3 Å². The quantitative estimate of drug-likeness (QED) is 0.143. The number of carbonyl (C=O) groups excluding carboxylic acids is 2. The van der Waals surface area contributed by atoms with E-state index >= 15 is 4.39 Å². The maximum Gasteiger partial charge on any atom is 0.410 e. The van der Waals surface area contributed by atoms with Crippen LogP contribution in [0.5, 0.6) is 0 Å². The molecule has 7 rings (SSSR count). The lowest BCUT2D eigenvalue weighted by molar-refractivity contribution is 0.0130. The lowest BCUT2D eigenvalue weighted by atomic mass is 9.93. The predicted octanol–water partition coefficient (Wildman–Crippen LogP) is 7.65. The zero-order valence-corrected chi connectivity index (χ0v) is 30.7. The van der Waals surface area contributed by atoms with Gasteiger partial charge in [0.05, 0.1) is 11.3 Å². The van der Waals surface area contributed by atoms with Crippen molar-refractivity contribution in [1.29, 1.82) is 0 Å². The van der Waals surface area contributed by atoms with E-state index in [0.29, 0.717) is 39.8 Å². The van der Waals surface area contributed by atoms with Gasteiger partial charge in [-0.15, -0.1) is 0 Å². The third-order valence-corrected chi connectivity index (χ3v) is 12.0. The number of benzene rings is 1. The van der Waals surface area contributed by atoms with Gasteiger partial charge in [-0.05, 0) is 145 Å². The zero-order chi connectivity index (χ0) is 35.3. The van der Waals surface area contributed by atoms with E-state index in [2.05, 4.69) is 34.3 Å². The molecule has 270 valence electrons. The lowest BCUT2D eigenvalue weighted by Gasteiger charge is -2.33. The molecule has 4 fully saturated rings. The fraction of sp³-hybridized carbons (Fsp3) is 0.605. The number of anilines is 2. The van der Waals surface area contributed by atoms with E-state index in [1.54, 1.807) is 17.1 Å². The normalized spacial score (nSPS) is 23.8. The number of amides is 2. The van der Waals surface area contributed by atoms with Gasteiger partial charge in [-0.1, -0.05) is 6.07 Å². The zero-order valence-electron chi connectivity index (χ0n) is 29.9. The molecule has 1 saturated heterocycles. The number of ether oxygens (including phenoxy) is 2. The molecular weight excluding hydrogens is 656 g/mol. The molecule has 2 atom stereocenters. The lowest BCUT2D eigenvalue weighted by Crippen LogP contribution is -2.45. The van der Waals surface area contributed by atoms with Crippen molar-refractivity contribution in [1.82, 2.24) is 20.0 Å². The highest BCUT2D eigenvalue weighted by atomic mass is 32.2. The van der Waals surface area contributed by atoms with Gasteiger partial charge >= 0.3 is 6.09 Å². The van der Waals surface area contributed by atoms with E-state index in [1.807, 2.05) is 50.1 Å². The van der Waals surface area contributed by atoms with Gasteiger partial charge < -0.3 is 19.7 Å². The molecule has 3 aliphatic carbocycles. The van der Waals surface area contributed by atoms with Crippen LogP contribution < -0.4 is 20.5 Å². The number of hydrazine groups is 1. The molecule has 1 aromatic carbocycles. The van der Waals surface area contributed by atoms with Crippen molar-refractivity contribution in [3.63, 3.8) is 0 Å². The van der Waals surface area contributed by atoms with Crippen LogP contribution in [0.1, 0.15) is 96.3 Å². The first-order valence-corrected chi connectivity index (χ1v) is 18.9. The van der Waals surface area contributed by atoms with Crippen molar-refractivity contribution in [2.45, 2.75) is 108 Å². The highest BCUT2D eigenvalue weighted by molar-refractivity contribution is 7.97. The van der Waals surface area contributed by atoms with E-state index in [9.17, 15) is 9.59 Å². The average Bonchev–Trinajstić information content (AvgIpc) is 4.01. The van der Waals surface area contributed by atoms with Crippen LogP contribution in [0.3, 0.4) is 0 Å². The maximum atomic E-state index is 15.1. The van der Waals surface area contributed by atoms with Crippen molar-refractivity contribution in [2.75, 3.05) is 30.0 Å². The number of carbonyl (C=O) groups is 2. The van der Waals surface area contributed by atoms with E-state index in [-0.39, 0.29) is 23.4 Å². The van der Waals surface area contributed by atoms with Gasteiger partial charge in [-0.2, -0.15) is 5.43 Å². The number of hydrogen-bond donors (Lipinski definition) is 3. The number of nitrogens with zero attached hydrogens (tertiary/aromatic N) is 3. The summed E-state index contributed by atoms with van der Waals surface area (Å²) < 4.78 is 29.5. The van der Waals surface area contributed by atoms with Crippen molar-refractivity contribution in [3.8, 4) is 0 Å². The Balaban J connectivity index is 0.817. The first-order valence-electron chi connectivity index (χ1n) is 18.1. The minimum Gasteiger partial charge on any atom is -0.444 e. The Hall–Kier alpha value is -3.35. The third-order valence-electron chi connectivity index (χ3n) is 11.3. The molecule has 1 aromatic heterocycles. The van der Waals surface area contributed by atoms with Crippen molar-refractivity contribution in [3.05, 3.63) is 60.1 Å². The van der Waals surface area contributed by atoms with Crippen LogP contribution in [0.4, 0.5) is 20.7 Å². The van der Waals surface area contributed by atoms with Crippen LogP contribution in [-0.2, 0) is 9.47 Å². The van der Waals surface area contributed by atoms with Gasteiger partial charge in [0.2, 0.25) is 0 Å². The molecular formula is C38H51FN6O4S. The molecule has 2 amide bonds. The molecule has 2 spiro atoms. The first kappa shape index (κ1) is 35.1. The molecule has 3 N–H and O–H groups in total. The molecule has 0 bridgehead atoms. The standard InChI is InChI=1S/C38H51FN6O4S/c1-35(2,3)49-34(47)44-24-25(23-36(44,4)5)8-7-19-40-30-9-6-10-32(41-30)50-43-33(46)27-12-11-26(22-28(27)39)45-20-13-31(42-45)48-21-14-29-37(15-16-37)38(29)17-18-38/h6,9-13,20,22,25,29,31,42H,7-8,14-19,21,23-24H2,1-5H3,(H,40,41)(H,43,46). The number of rotatable bonds is 13. The summed E-state index contributed by atoms with van der Waals surface area (Å²) in [6.45, 7) is 12.0. The summed E-state index contributed by atoms with van der Waals surface area (Å²) in [6, 6.07) is 10.1. The SMILES string of the molecule is CC(C)(C)OC(=O)N1CC(CCCNc2cccc(SNC(=O)c3ccc(N4C=CC(OCCC5C6(CC6)C56CC6)N4)cc3F)n2)CC1(C)C. The van der Waals surface area contributed by atoms with Gasteiger partial charge in [0.15, 0.2) is 0 Å². The van der Waals surface area contributed by atoms with Crippen LogP contribution in [0.2, 0.25) is 0 Å². The molecule has 3 saturated carbocycles. The monoisotopic (exact) mass is 706 g/mol. The molecule has 3 heterocycles. The topological polar surface area (TPSA) is 108 Å². The molecule has 50 heavy (non-hydrogen) atoms. The second-order valence-corrected chi connectivity index (χ2v) is 17.2. The second kappa shape index (κ2) is 13.3. The minimum atomic E-state index is -0.610. The van der Waals surface area contributed by atoms with E-state index in [4.69, 9.17) is 9.47 Å². The smallest absolute Gasteiger partial charge is 0.410 e. The van der Waals surface area contributed by atoms with Gasteiger partial charge in [-0.3, -0.25) is 14.5 Å². The van der Waals surface area contributed by atoms with Crippen LogP contribution in [-0.4, -0.2) is 58.9 Å². The van der Waals surface area contributed by atoms with Gasteiger partial charge in [0, 0.05) is 43.4 Å². The second-order valence-electron chi connectivity index (χ2n) is 16.4. The Bertz CT molecular complexity index is 1620. The Labute approximate surface area is 299 Å². The molecule has 0 radical (unpaired) electrons. The molecule has 2 unspecified atom stereocenters. The predicted molar refractivity (Wildman–Crippen MR) is 193 cm³/mol. The molecule has 5 aliphatic rings. The van der Waals surface area contributed by atoms with Gasteiger partial charge in [0.25, 0.3) is 5.91 Å². The number of hydrogen-bond acceptors (Lipinski definition) is 9. The number of nitrogens with one attached hydrogen (secondary N) is 3. The van der Waals surface area contributed by atoms with E-state index in [1.165, 1.54) is 37.8 Å². The summed E-state index contributed by atoms with van der Waals surface area (Å²) in [4.78, 5) is 32.1. The summed E-state index contributed by atoms with van der Waals surface area (Å²) in [7, 11) is 0. The summed E-state index contributed by atoms with van der Waals surface area (Å²) in [5.41, 5.74) is 4.41. The average molecular weight is 707 g/mol. The number of aromatic nitrogens is 1. The fourth-order valence-corrected chi connectivity index (χ4v) is 9.29. The largest absolute Gasteiger partial charge is 0.444 e. The van der Waals surface area contributed by atoms with E-state index in [0.717, 1.165) is 56.7 Å². The molecule has 10 nitrogen and oxygen atoms in total. The van der Waals surface area contributed by atoms with Crippen molar-refractivity contribution in [2.24, 2.45) is 22.7 Å². The van der Waals surface area contributed by atoms with Crippen LogP contribution >= 0.6 is 11.9 Å². The Morgan fingerprint density at radius 1 is 1.10 bits per heavy atom. The number of halogens is 1. The summed E-state index contributed by atoms with van der Waals surface area (Å²) in [5.74, 6) is 0.806. The van der Waals surface area contributed by atoms with Crippen molar-refractivity contribution >= 4 is 35.5 Å². The summed E-state index contributed by atoms with van der Waals surface area (Å²) in [5, 5.41) is 5.67. The summed E-state index contributed by atoms with van der Waals surface area (Å²) >= 11 is 1.05. The first-order chi connectivity index (χ1) is 23.8. The molecule has 2 aromatic rings. The Kier molecular flexibility index (Phi) is 9.34. The van der Waals surface area contributed by atoms with Gasteiger partial charge in [-0.25, -0.2) is 14.2 Å². The maximum absolute atomic E-state index is 15.1. The number of likely N-dealkylation sites (tertiary alicyclic amines) is 1. The third kappa shape index (κ3) is 7.34. The highest BCUT2D eigenvalue weighted by Crippen LogP contribution is 2.93. The fourth-order valence-electron chi connectivity index (χ4n) is 8.70.